The lowest BCUT2D eigenvalue weighted by molar-refractivity contribution is 0.358. The zero-order valence-electron chi connectivity index (χ0n) is 12.5. The van der Waals surface area contributed by atoms with Gasteiger partial charge in [-0.25, -0.2) is 9.97 Å². The van der Waals surface area contributed by atoms with Crippen molar-refractivity contribution in [1.29, 1.82) is 0 Å². The fraction of sp³-hybridized carbons (Fsp3) is 0.462. The van der Waals surface area contributed by atoms with Gasteiger partial charge in [0.15, 0.2) is 5.82 Å². The van der Waals surface area contributed by atoms with Crippen LogP contribution in [0.1, 0.15) is 24.6 Å². The first-order valence-corrected chi connectivity index (χ1v) is 8.41. The molecule has 9 heteroatoms. The van der Waals surface area contributed by atoms with Crippen LogP contribution in [0.4, 0.5) is 0 Å². The first-order valence-electron chi connectivity index (χ1n) is 7.02. The predicted octanol–water partition coefficient (Wildman–Crippen LogP) is 0.810. The van der Waals surface area contributed by atoms with Gasteiger partial charge in [-0.15, -0.1) is 0 Å². The molecule has 2 aromatic rings. The van der Waals surface area contributed by atoms with E-state index in [0.717, 1.165) is 12.8 Å². The minimum atomic E-state index is -3.49. The Bertz CT molecular complexity index is 744. The van der Waals surface area contributed by atoms with Crippen LogP contribution in [0.25, 0.3) is 11.5 Å². The lowest BCUT2D eigenvalue weighted by atomic mass is 10.1. The van der Waals surface area contributed by atoms with Gasteiger partial charge in [0.25, 0.3) is 10.2 Å². The molecule has 0 saturated carbocycles. The highest BCUT2D eigenvalue weighted by molar-refractivity contribution is 7.86. The maximum Gasteiger partial charge on any atom is 0.282 e. The van der Waals surface area contributed by atoms with Gasteiger partial charge in [-0.2, -0.15) is 17.0 Å². The molecule has 1 aliphatic rings. The van der Waals surface area contributed by atoms with E-state index in [4.69, 9.17) is 0 Å². The largest absolute Gasteiger partial charge is 0.343 e. The van der Waals surface area contributed by atoms with E-state index in [1.54, 1.807) is 24.8 Å². The van der Waals surface area contributed by atoms with Gasteiger partial charge in [-0.3, -0.25) is 4.98 Å². The summed E-state index contributed by atoms with van der Waals surface area (Å²) in [6.07, 6.45) is 8.03. The monoisotopic (exact) mass is 322 g/mol. The molecule has 2 aromatic heterocycles. The molecule has 0 spiro atoms. The molecule has 0 aromatic carbocycles. The van der Waals surface area contributed by atoms with Crippen LogP contribution in [-0.4, -0.2) is 57.6 Å². The Morgan fingerprint density at radius 3 is 2.68 bits per heavy atom. The molecule has 0 aliphatic carbocycles. The molecular weight excluding hydrogens is 304 g/mol. The van der Waals surface area contributed by atoms with Crippen molar-refractivity contribution in [3.8, 4) is 11.5 Å². The molecule has 3 rings (SSSR count). The van der Waals surface area contributed by atoms with Gasteiger partial charge in [-0.1, -0.05) is 0 Å². The molecule has 1 unspecified atom stereocenters. The second-order valence-electron chi connectivity index (χ2n) is 5.29. The summed E-state index contributed by atoms with van der Waals surface area (Å²) in [6, 6.07) is -0.318. The molecule has 22 heavy (non-hydrogen) atoms. The molecule has 118 valence electrons. The number of nitrogens with one attached hydrogen (secondary N) is 1. The molecule has 8 nitrogen and oxygen atoms in total. The Balaban J connectivity index is 2.05. The molecule has 0 bridgehead atoms. The van der Waals surface area contributed by atoms with Crippen LogP contribution in [0.2, 0.25) is 0 Å². The van der Waals surface area contributed by atoms with Crippen molar-refractivity contribution in [2.75, 3.05) is 20.6 Å². The topological polar surface area (TPSA) is 95.1 Å². The number of hydrogen-bond acceptors (Lipinski definition) is 5. The molecule has 0 amide bonds. The average Bonchev–Trinajstić information content (AvgIpc) is 3.18. The molecule has 0 radical (unpaired) electrons. The summed E-state index contributed by atoms with van der Waals surface area (Å²) < 4.78 is 27.7. The second-order valence-corrected chi connectivity index (χ2v) is 7.38. The minimum absolute atomic E-state index is 0.318. The normalized spacial score (nSPS) is 19.9. The van der Waals surface area contributed by atoms with Crippen molar-refractivity contribution < 1.29 is 8.42 Å². The van der Waals surface area contributed by atoms with Crippen LogP contribution >= 0.6 is 0 Å². The third-order valence-corrected chi connectivity index (χ3v) is 5.68. The van der Waals surface area contributed by atoms with Crippen molar-refractivity contribution in [2.24, 2.45) is 0 Å². The number of aromatic amines is 1. The summed E-state index contributed by atoms with van der Waals surface area (Å²) in [6.45, 7) is 0.485. The van der Waals surface area contributed by atoms with Crippen LogP contribution in [0.5, 0.6) is 0 Å². The second kappa shape index (κ2) is 5.75. The fourth-order valence-corrected chi connectivity index (χ4v) is 3.98. The maximum atomic E-state index is 12.5. The Morgan fingerprint density at radius 2 is 2.00 bits per heavy atom. The Morgan fingerprint density at radius 1 is 1.23 bits per heavy atom. The van der Waals surface area contributed by atoms with Crippen LogP contribution < -0.4 is 0 Å². The fourth-order valence-electron chi connectivity index (χ4n) is 2.67. The van der Waals surface area contributed by atoms with Gasteiger partial charge in [-0.05, 0) is 12.8 Å². The van der Waals surface area contributed by atoms with Gasteiger partial charge in [0.2, 0.25) is 0 Å². The van der Waals surface area contributed by atoms with Crippen molar-refractivity contribution in [1.82, 2.24) is 28.5 Å². The summed E-state index contributed by atoms with van der Waals surface area (Å²) in [5.41, 5.74) is 1.23. The number of H-pyrrole nitrogens is 1. The number of aromatic nitrogens is 4. The molecule has 1 fully saturated rings. The molecule has 1 aliphatic heterocycles. The van der Waals surface area contributed by atoms with Gasteiger partial charge < -0.3 is 4.98 Å². The molecule has 3 heterocycles. The summed E-state index contributed by atoms with van der Waals surface area (Å²) in [4.78, 5) is 15.9. The van der Waals surface area contributed by atoms with Gasteiger partial charge >= 0.3 is 0 Å². The first-order chi connectivity index (χ1) is 10.5. The van der Waals surface area contributed by atoms with Crippen LogP contribution in [0.3, 0.4) is 0 Å². The third kappa shape index (κ3) is 2.51. The summed E-state index contributed by atoms with van der Waals surface area (Å²) >= 11 is 0. The Hall–Kier alpha value is -1.84. The van der Waals surface area contributed by atoms with Crippen LogP contribution in [0.15, 0.2) is 24.8 Å². The van der Waals surface area contributed by atoms with Crippen LogP contribution in [0, 0.1) is 0 Å². The van der Waals surface area contributed by atoms with Crippen molar-refractivity contribution in [2.45, 2.75) is 18.9 Å². The van der Waals surface area contributed by atoms with Gasteiger partial charge in [0.05, 0.1) is 11.7 Å². The van der Waals surface area contributed by atoms with Gasteiger partial charge in [0.1, 0.15) is 5.69 Å². The predicted molar refractivity (Wildman–Crippen MR) is 80.9 cm³/mol. The van der Waals surface area contributed by atoms with E-state index in [-0.39, 0.29) is 6.04 Å². The van der Waals surface area contributed by atoms with Crippen molar-refractivity contribution in [3.05, 3.63) is 30.5 Å². The van der Waals surface area contributed by atoms with E-state index < -0.39 is 10.2 Å². The van der Waals surface area contributed by atoms with E-state index in [0.29, 0.717) is 23.8 Å². The summed E-state index contributed by atoms with van der Waals surface area (Å²) in [5, 5.41) is 0. The smallest absolute Gasteiger partial charge is 0.282 e. The SMILES string of the molecule is CN(C)S(=O)(=O)N1CCCC1c1nccnc1-c1ncc[nH]1. The number of imidazole rings is 1. The molecular formula is C13H18N6O2S. The minimum Gasteiger partial charge on any atom is -0.343 e. The summed E-state index contributed by atoms with van der Waals surface area (Å²) in [5.74, 6) is 0.595. The van der Waals surface area contributed by atoms with Crippen molar-refractivity contribution in [3.63, 3.8) is 0 Å². The van der Waals surface area contributed by atoms with Crippen LogP contribution in [-0.2, 0) is 10.2 Å². The Labute approximate surface area is 129 Å². The molecule has 1 atom stereocenters. The highest BCUT2D eigenvalue weighted by atomic mass is 32.2. The number of nitrogens with zero attached hydrogens (tertiary/aromatic N) is 5. The molecule has 1 saturated heterocycles. The average molecular weight is 322 g/mol. The van der Waals surface area contributed by atoms with E-state index >= 15 is 0 Å². The maximum absolute atomic E-state index is 12.5. The van der Waals surface area contributed by atoms with Gasteiger partial charge in [0, 0.05) is 45.4 Å². The Kier molecular flexibility index (Phi) is 3.94. The summed E-state index contributed by atoms with van der Waals surface area (Å²) in [7, 11) is -0.418. The zero-order valence-corrected chi connectivity index (χ0v) is 13.3. The highest BCUT2D eigenvalue weighted by Crippen LogP contribution is 2.36. The number of rotatable bonds is 4. The van der Waals surface area contributed by atoms with E-state index in [2.05, 4.69) is 19.9 Å². The van der Waals surface area contributed by atoms with E-state index in [1.807, 2.05) is 0 Å². The molecule has 1 N–H and O–H groups in total. The zero-order chi connectivity index (χ0) is 15.7. The lowest BCUT2D eigenvalue weighted by Gasteiger charge is -2.27. The highest BCUT2D eigenvalue weighted by Gasteiger charge is 2.38. The standard InChI is InChI=1S/C13H18N6O2S/c1-18(2)22(20,21)19-9-3-4-10(19)11-12(15-6-5-14-11)13-16-7-8-17-13/h5-8,10H,3-4,9H2,1-2H3,(H,16,17). The third-order valence-electron chi connectivity index (χ3n) is 3.73. The van der Waals surface area contributed by atoms with E-state index in [9.17, 15) is 8.42 Å². The first kappa shape index (κ1) is 15.1. The lowest BCUT2D eigenvalue weighted by Crippen LogP contribution is -2.39. The quantitative estimate of drug-likeness (QED) is 0.899. The van der Waals surface area contributed by atoms with Crippen molar-refractivity contribution >= 4 is 10.2 Å². The van der Waals surface area contributed by atoms with E-state index in [1.165, 1.54) is 22.7 Å². The number of hydrogen-bond donors (Lipinski definition) is 1.